The number of ether oxygens (including phenoxy) is 1. The zero-order chi connectivity index (χ0) is 9.40. The molecule has 0 spiro atoms. The summed E-state index contributed by atoms with van der Waals surface area (Å²) in [5, 5.41) is 0. The summed E-state index contributed by atoms with van der Waals surface area (Å²) < 4.78 is 14.7. The number of rotatable bonds is 5. The first-order valence-electron chi connectivity index (χ1n) is 3.54. The monoisotopic (exact) mass is 222 g/mol. The van der Waals surface area contributed by atoms with Crippen molar-refractivity contribution in [3.05, 3.63) is 11.3 Å². The Morgan fingerprint density at radius 1 is 1.58 bits per heavy atom. The van der Waals surface area contributed by atoms with Gasteiger partial charge in [-0.15, -0.1) is 0 Å². The van der Waals surface area contributed by atoms with E-state index in [4.69, 9.17) is 8.23 Å². The van der Waals surface area contributed by atoms with E-state index in [0.29, 0.717) is 5.57 Å². The van der Waals surface area contributed by atoms with Crippen molar-refractivity contribution in [2.75, 3.05) is 7.11 Å². The highest BCUT2D eigenvalue weighted by Crippen LogP contribution is 1.93. The molecular weight excluding hydrogens is 208 g/mol. The molecule has 0 aromatic heterocycles. The molecule has 0 aromatic carbocycles. The molecule has 0 bridgehead atoms. The van der Waals surface area contributed by atoms with Crippen LogP contribution in [0.2, 0.25) is 0 Å². The molecule has 0 radical (unpaired) electrons. The third-order valence-corrected chi connectivity index (χ3v) is 4.55. The summed E-state index contributed by atoms with van der Waals surface area (Å²) in [4.78, 5) is 10.8. The topological polar surface area (TPSA) is 44.8 Å². The van der Waals surface area contributed by atoms with Crippen molar-refractivity contribution < 1.29 is 17.8 Å². The Hall–Kier alpha value is -0.219. The summed E-state index contributed by atoms with van der Waals surface area (Å²) in [6.45, 7) is 1.73. The maximum atomic E-state index is 10.8. The summed E-state index contributed by atoms with van der Waals surface area (Å²) >= 11 is 0. The van der Waals surface area contributed by atoms with Crippen LogP contribution in [-0.4, -0.2) is 43.3 Å². The highest BCUT2D eigenvalue weighted by Gasteiger charge is 2.01. The lowest BCUT2D eigenvalue weighted by Crippen LogP contribution is -2.08. The van der Waals surface area contributed by atoms with Crippen LogP contribution < -0.4 is 0 Å². The van der Waals surface area contributed by atoms with Gasteiger partial charge in [0.05, 0.1) is 7.11 Å². The maximum absolute atomic E-state index is 10.8. The lowest BCUT2D eigenvalue weighted by molar-refractivity contribution is -0.136. The van der Waals surface area contributed by atoms with E-state index in [2.05, 4.69) is 4.74 Å². The fourth-order valence-electron chi connectivity index (χ4n) is 0.560. The molecular formula is C5H14O4Si3. The minimum Gasteiger partial charge on any atom is -0.466 e. The Morgan fingerprint density at radius 3 is 2.75 bits per heavy atom. The van der Waals surface area contributed by atoms with Crippen molar-refractivity contribution in [3.63, 3.8) is 0 Å². The predicted octanol–water partition coefficient (Wildman–Crippen LogP) is -2.54. The fourth-order valence-corrected chi connectivity index (χ4v) is 4.00. The van der Waals surface area contributed by atoms with Crippen LogP contribution in [0.15, 0.2) is 11.3 Å². The maximum Gasteiger partial charge on any atom is 0.332 e. The Bertz CT molecular complexity index is 170. The van der Waals surface area contributed by atoms with Crippen LogP contribution in [0, 0.1) is 0 Å². The van der Waals surface area contributed by atoms with Crippen LogP contribution in [0.4, 0.5) is 0 Å². The SMILES string of the molecule is COC(=O)C(C)=C[SiH2]O[SiH2]O[SiH3]. The lowest BCUT2D eigenvalue weighted by atomic mass is 10.4. The van der Waals surface area contributed by atoms with Crippen molar-refractivity contribution in [3.8, 4) is 0 Å². The summed E-state index contributed by atoms with van der Waals surface area (Å²) in [5.74, 6) is -0.278. The smallest absolute Gasteiger partial charge is 0.332 e. The van der Waals surface area contributed by atoms with Gasteiger partial charge in [-0.25, -0.2) is 4.79 Å². The molecule has 0 atom stereocenters. The van der Waals surface area contributed by atoms with E-state index in [1.165, 1.54) is 7.11 Å². The Kier molecular flexibility index (Phi) is 7.30. The van der Waals surface area contributed by atoms with Gasteiger partial charge in [0.2, 0.25) is 0 Å². The van der Waals surface area contributed by atoms with Crippen LogP contribution in [-0.2, 0) is 17.8 Å². The number of hydrogen-bond acceptors (Lipinski definition) is 4. The average molecular weight is 222 g/mol. The van der Waals surface area contributed by atoms with Gasteiger partial charge >= 0.3 is 5.97 Å². The van der Waals surface area contributed by atoms with Gasteiger partial charge in [-0.1, -0.05) is 5.70 Å². The second kappa shape index (κ2) is 7.43. The predicted molar refractivity (Wildman–Crippen MR) is 55.0 cm³/mol. The molecule has 0 N–H and O–H groups in total. The van der Waals surface area contributed by atoms with Crippen molar-refractivity contribution in [2.24, 2.45) is 0 Å². The summed E-state index contributed by atoms with van der Waals surface area (Å²) in [6.07, 6.45) is 0. The number of hydrogen-bond donors (Lipinski definition) is 0. The summed E-state index contributed by atoms with van der Waals surface area (Å²) in [5.41, 5.74) is 2.46. The molecule has 12 heavy (non-hydrogen) atoms. The normalized spacial score (nSPS) is 13.7. The molecule has 0 aliphatic rings. The summed E-state index contributed by atoms with van der Waals surface area (Å²) in [6, 6.07) is 0. The van der Waals surface area contributed by atoms with Gasteiger partial charge < -0.3 is 13.0 Å². The second-order valence-corrected chi connectivity index (χ2v) is 7.08. The van der Waals surface area contributed by atoms with Crippen LogP contribution in [0.25, 0.3) is 0 Å². The van der Waals surface area contributed by atoms with Gasteiger partial charge in [0.15, 0.2) is 9.76 Å². The minimum absolute atomic E-state index is 0.278. The summed E-state index contributed by atoms with van der Waals surface area (Å²) in [7, 11) is 0.690. The van der Waals surface area contributed by atoms with Gasteiger partial charge in [0.1, 0.15) is 10.5 Å². The Balaban J connectivity index is 3.61. The average Bonchev–Trinajstić information content (AvgIpc) is 2.10. The molecule has 0 heterocycles. The van der Waals surface area contributed by atoms with Crippen molar-refractivity contribution in [1.29, 1.82) is 0 Å². The molecule has 7 heteroatoms. The van der Waals surface area contributed by atoms with Crippen molar-refractivity contribution in [2.45, 2.75) is 6.92 Å². The minimum atomic E-state index is -0.725. The molecule has 0 aliphatic heterocycles. The van der Waals surface area contributed by atoms with Gasteiger partial charge in [0, 0.05) is 5.57 Å². The highest BCUT2D eigenvalue weighted by atomic mass is 28.3. The molecule has 0 aliphatic carbocycles. The molecule has 0 fully saturated rings. The first-order valence-corrected chi connectivity index (χ1v) is 6.90. The first kappa shape index (κ1) is 11.8. The van der Waals surface area contributed by atoms with Gasteiger partial charge in [0.25, 0.3) is 10.0 Å². The molecule has 0 aromatic rings. The van der Waals surface area contributed by atoms with E-state index in [0.717, 1.165) is 10.5 Å². The van der Waals surface area contributed by atoms with E-state index < -0.39 is 19.8 Å². The fraction of sp³-hybridized carbons (Fsp3) is 0.400. The number of methoxy groups -OCH3 is 1. The zero-order valence-corrected chi connectivity index (χ0v) is 12.5. The molecule has 0 amide bonds. The number of carbonyl (C=O) groups is 1. The lowest BCUT2D eigenvalue weighted by Gasteiger charge is -1.99. The van der Waals surface area contributed by atoms with Gasteiger partial charge in [-0.05, 0) is 6.92 Å². The van der Waals surface area contributed by atoms with E-state index in [1.54, 1.807) is 6.92 Å². The highest BCUT2D eigenvalue weighted by molar-refractivity contribution is 6.45. The quantitative estimate of drug-likeness (QED) is 0.223. The molecule has 4 nitrogen and oxygen atoms in total. The molecule has 0 saturated heterocycles. The first-order chi connectivity index (χ1) is 5.72. The van der Waals surface area contributed by atoms with Gasteiger partial charge in [-0.3, -0.25) is 0 Å². The Morgan fingerprint density at radius 2 is 2.25 bits per heavy atom. The van der Waals surface area contributed by atoms with Gasteiger partial charge in [-0.2, -0.15) is 0 Å². The molecule has 0 rings (SSSR count). The van der Waals surface area contributed by atoms with Crippen LogP contribution in [0.5, 0.6) is 0 Å². The van der Waals surface area contributed by atoms with E-state index in [1.807, 2.05) is 5.70 Å². The second-order valence-electron chi connectivity index (χ2n) is 2.16. The molecule has 70 valence electrons. The molecule has 0 saturated carbocycles. The van der Waals surface area contributed by atoms with E-state index in [-0.39, 0.29) is 5.97 Å². The largest absolute Gasteiger partial charge is 0.466 e. The van der Waals surface area contributed by atoms with Crippen LogP contribution in [0.1, 0.15) is 6.92 Å². The van der Waals surface area contributed by atoms with E-state index >= 15 is 0 Å². The third kappa shape index (κ3) is 5.43. The van der Waals surface area contributed by atoms with Crippen LogP contribution >= 0.6 is 0 Å². The molecule has 0 unspecified atom stereocenters. The third-order valence-electron chi connectivity index (χ3n) is 1.22. The number of esters is 1. The number of carbonyl (C=O) groups excluding carboxylic acids is 1. The van der Waals surface area contributed by atoms with E-state index in [9.17, 15) is 4.79 Å². The Labute approximate surface area is 79.8 Å². The van der Waals surface area contributed by atoms with Crippen LogP contribution in [0.3, 0.4) is 0 Å². The standard InChI is InChI=1S/C5H14O4Si3/c1-4(5(6)7-2)3-11-9-12-8-10/h3H,11-12H2,1-2,10H3. The van der Waals surface area contributed by atoms with Crippen molar-refractivity contribution in [1.82, 2.24) is 0 Å². The zero-order valence-electron chi connectivity index (χ0n) is 7.62. The van der Waals surface area contributed by atoms with Crippen molar-refractivity contribution >= 4 is 36.2 Å².